The largest absolute Gasteiger partial charge is 0.304 e. The van der Waals surface area contributed by atoms with Crippen molar-refractivity contribution in [1.29, 1.82) is 0 Å². The van der Waals surface area contributed by atoms with Crippen LogP contribution in [0, 0.1) is 0 Å². The molecule has 3 heterocycles. The molecule has 0 fully saturated rings. The van der Waals surface area contributed by atoms with Crippen LogP contribution in [0.4, 0.5) is 5.82 Å². The van der Waals surface area contributed by atoms with Gasteiger partial charge >= 0.3 is 0 Å². The molecular formula is C17H12Cl2N6O. The molecule has 1 N–H and O–H groups in total. The molecule has 0 saturated carbocycles. The molecule has 0 spiro atoms. The van der Waals surface area contributed by atoms with Crippen molar-refractivity contribution in [2.24, 2.45) is 0 Å². The fourth-order valence-corrected chi connectivity index (χ4v) is 2.92. The summed E-state index contributed by atoms with van der Waals surface area (Å²) < 4.78 is 3.14. The van der Waals surface area contributed by atoms with Crippen LogP contribution in [-0.2, 0) is 6.54 Å². The number of amides is 1. The van der Waals surface area contributed by atoms with Crippen LogP contribution in [0.15, 0.2) is 55.1 Å². The molecular weight excluding hydrogens is 375 g/mol. The number of fused-ring (bicyclic) bond motifs is 1. The maximum Gasteiger partial charge on any atom is 0.262 e. The Balaban J connectivity index is 1.56. The lowest BCUT2D eigenvalue weighted by molar-refractivity contribution is 0.102. The monoisotopic (exact) mass is 386 g/mol. The van der Waals surface area contributed by atoms with Crippen molar-refractivity contribution < 1.29 is 4.79 Å². The lowest BCUT2D eigenvalue weighted by Gasteiger charge is -2.04. The molecule has 0 bridgehead atoms. The fourth-order valence-electron chi connectivity index (χ4n) is 2.53. The number of hydrogen-bond donors (Lipinski definition) is 1. The molecule has 1 aromatic carbocycles. The predicted molar refractivity (Wildman–Crippen MR) is 98.7 cm³/mol. The van der Waals surface area contributed by atoms with Gasteiger partial charge in [0.05, 0.1) is 12.7 Å². The van der Waals surface area contributed by atoms with Crippen molar-refractivity contribution in [3.63, 3.8) is 0 Å². The molecule has 0 saturated heterocycles. The molecule has 9 heteroatoms. The van der Waals surface area contributed by atoms with Crippen LogP contribution in [0.2, 0.25) is 10.0 Å². The molecule has 0 atom stereocenters. The summed E-state index contributed by atoms with van der Waals surface area (Å²) in [5, 5.41) is 12.1. The summed E-state index contributed by atoms with van der Waals surface area (Å²) in [4.78, 5) is 16.7. The number of aromatic nitrogens is 5. The van der Waals surface area contributed by atoms with Gasteiger partial charge in [0.25, 0.3) is 5.91 Å². The third-order valence-electron chi connectivity index (χ3n) is 3.76. The third-order valence-corrected chi connectivity index (χ3v) is 4.41. The van der Waals surface area contributed by atoms with E-state index >= 15 is 0 Å². The lowest BCUT2D eigenvalue weighted by Crippen LogP contribution is -2.13. The summed E-state index contributed by atoms with van der Waals surface area (Å²) in [5.74, 6) is -0.123. The molecule has 0 radical (unpaired) electrons. The normalized spacial score (nSPS) is 11.0. The molecule has 4 aromatic rings. The summed E-state index contributed by atoms with van der Waals surface area (Å²) in [6.45, 7) is 0.438. The van der Waals surface area contributed by atoms with Crippen molar-refractivity contribution in [3.05, 3.63) is 76.3 Å². The first-order valence-corrected chi connectivity index (χ1v) is 8.43. The molecule has 7 nitrogen and oxygen atoms in total. The maximum absolute atomic E-state index is 12.5. The first-order valence-electron chi connectivity index (χ1n) is 7.68. The van der Waals surface area contributed by atoms with Crippen LogP contribution in [0.25, 0.3) is 5.65 Å². The summed E-state index contributed by atoms with van der Waals surface area (Å²) in [6.07, 6.45) is 6.39. The van der Waals surface area contributed by atoms with Crippen LogP contribution in [0.3, 0.4) is 0 Å². The average Bonchev–Trinajstić information content (AvgIpc) is 3.21. The number of rotatable bonds is 4. The smallest absolute Gasteiger partial charge is 0.262 e. The first-order chi connectivity index (χ1) is 12.6. The average molecular weight is 387 g/mol. The summed E-state index contributed by atoms with van der Waals surface area (Å²) in [5.41, 5.74) is 1.69. The number of anilines is 1. The third kappa shape index (κ3) is 3.14. The van der Waals surface area contributed by atoms with Gasteiger partial charge in [-0.05, 0) is 17.7 Å². The number of halogens is 2. The van der Waals surface area contributed by atoms with Gasteiger partial charge in [0.1, 0.15) is 10.6 Å². The Morgan fingerprint density at radius 3 is 2.85 bits per heavy atom. The molecule has 26 heavy (non-hydrogen) atoms. The minimum atomic E-state index is -0.386. The summed E-state index contributed by atoms with van der Waals surface area (Å²) >= 11 is 12.4. The van der Waals surface area contributed by atoms with Gasteiger partial charge in [-0.1, -0.05) is 41.4 Å². The van der Waals surface area contributed by atoms with E-state index in [1.807, 2.05) is 24.3 Å². The molecule has 3 aromatic heterocycles. The van der Waals surface area contributed by atoms with E-state index in [1.165, 1.54) is 10.7 Å². The Hall–Kier alpha value is -2.90. The second-order valence-corrected chi connectivity index (χ2v) is 6.33. The second kappa shape index (κ2) is 6.78. The quantitative estimate of drug-likeness (QED) is 0.581. The van der Waals surface area contributed by atoms with E-state index in [4.69, 9.17) is 23.2 Å². The number of nitrogens with zero attached hydrogens (tertiary/aromatic N) is 5. The van der Waals surface area contributed by atoms with Gasteiger partial charge in [-0.15, -0.1) is 0 Å². The topological polar surface area (TPSA) is 77.1 Å². The van der Waals surface area contributed by atoms with E-state index in [0.717, 1.165) is 5.56 Å². The van der Waals surface area contributed by atoms with Gasteiger partial charge in [-0.3, -0.25) is 9.48 Å². The highest BCUT2D eigenvalue weighted by atomic mass is 35.5. The fraction of sp³-hybridized carbons (Fsp3) is 0.0588. The lowest BCUT2D eigenvalue weighted by atomic mass is 10.2. The van der Waals surface area contributed by atoms with E-state index in [2.05, 4.69) is 20.5 Å². The van der Waals surface area contributed by atoms with Crippen LogP contribution in [0.1, 0.15) is 15.9 Å². The zero-order valence-electron chi connectivity index (χ0n) is 13.3. The zero-order valence-corrected chi connectivity index (χ0v) is 14.8. The Bertz CT molecular complexity index is 1100. The van der Waals surface area contributed by atoms with Crippen molar-refractivity contribution in [2.75, 3.05) is 5.32 Å². The van der Waals surface area contributed by atoms with Crippen molar-refractivity contribution in [2.45, 2.75) is 6.54 Å². The van der Waals surface area contributed by atoms with Crippen molar-refractivity contribution >= 4 is 40.6 Å². The van der Waals surface area contributed by atoms with E-state index < -0.39 is 0 Å². The van der Waals surface area contributed by atoms with Crippen LogP contribution in [-0.4, -0.2) is 30.3 Å². The predicted octanol–water partition coefficient (Wildman–Crippen LogP) is 3.53. The van der Waals surface area contributed by atoms with E-state index in [-0.39, 0.29) is 11.7 Å². The Labute approximate surface area is 158 Å². The van der Waals surface area contributed by atoms with Gasteiger partial charge < -0.3 is 5.32 Å². The van der Waals surface area contributed by atoms with Gasteiger partial charge in [0.15, 0.2) is 11.5 Å². The molecule has 1 amide bonds. The number of benzene rings is 1. The molecule has 130 valence electrons. The number of hydrogen-bond acceptors (Lipinski definition) is 4. The van der Waals surface area contributed by atoms with Crippen LogP contribution >= 0.6 is 23.2 Å². The number of carbonyl (C=O) groups excluding carboxylic acids is 1. The highest BCUT2D eigenvalue weighted by molar-refractivity contribution is 6.33. The number of carbonyl (C=O) groups is 1. The van der Waals surface area contributed by atoms with Gasteiger partial charge in [0.2, 0.25) is 0 Å². The SMILES string of the molecule is O=C(Nc1nn(Cc2ccccc2Cl)cc1Cl)c1cnn2cccnc12. The Kier molecular flexibility index (Phi) is 4.32. The first kappa shape index (κ1) is 16.6. The van der Waals surface area contributed by atoms with E-state index in [0.29, 0.717) is 27.8 Å². The second-order valence-electron chi connectivity index (χ2n) is 5.51. The Morgan fingerprint density at radius 1 is 1.15 bits per heavy atom. The molecule has 0 aliphatic heterocycles. The van der Waals surface area contributed by atoms with Gasteiger partial charge in [-0.2, -0.15) is 10.2 Å². The van der Waals surface area contributed by atoms with E-state index in [1.54, 1.807) is 29.3 Å². The van der Waals surface area contributed by atoms with Gasteiger partial charge in [-0.25, -0.2) is 9.50 Å². The molecule has 0 unspecified atom stereocenters. The minimum absolute atomic E-state index is 0.263. The minimum Gasteiger partial charge on any atom is -0.304 e. The van der Waals surface area contributed by atoms with E-state index in [9.17, 15) is 4.79 Å². The van der Waals surface area contributed by atoms with Gasteiger partial charge in [0, 0.05) is 23.6 Å². The zero-order chi connectivity index (χ0) is 18.1. The summed E-state index contributed by atoms with van der Waals surface area (Å²) in [6, 6.07) is 9.20. The highest BCUT2D eigenvalue weighted by Gasteiger charge is 2.17. The Morgan fingerprint density at radius 2 is 2.00 bits per heavy atom. The highest BCUT2D eigenvalue weighted by Crippen LogP contribution is 2.23. The number of nitrogens with one attached hydrogen (secondary N) is 1. The standard InChI is InChI=1S/C17H12Cl2N6O/c18-13-5-2-1-4-11(13)9-24-10-14(19)15(23-24)22-17(26)12-8-21-25-7-3-6-20-16(12)25/h1-8,10H,9H2,(H,22,23,26). The van der Waals surface area contributed by atoms with Crippen molar-refractivity contribution in [3.8, 4) is 0 Å². The van der Waals surface area contributed by atoms with Crippen LogP contribution in [0.5, 0.6) is 0 Å². The van der Waals surface area contributed by atoms with Crippen LogP contribution < -0.4 is 5.32 Å². The maximum atomic E-state index is 12.5. The molecule has 4 rings (SSSR count). The molecule has 0 aliphatic rings. The summed E-state index contributed by atoms with van der Waals surface area (Å²) in [7, 11) is 0. The van der Waals surface area contributed by atoms with Crippen molar-refractivity contribution in [1.82, 2.24) is 24.4 Å². The molecule has 0 aliphatic carbocycles.